The van der Waals surface area contributed by atoms with Gasteiger partial charge in [-0.3, -0.25) is 4.90 Å². The van der Waals surface area contributed by atoms with Crippen LogP contribution in [-0.4, -0.2) is 31.1 Å². The smallest absolute Gasteiger partial charge is 0.314 e. The van der Waals surface area contributed by atoms with Crippen LogP contribution in [0, 0.1) is 0 Å². The van der Waals surface area contributed by atoms with Crippen LogP contribution in [0.2, 0.25) is 5.02 Å². The lowest BCUT2D eigenvalue weighted by atomic mass is 9.97. The number of allylic oxidation sites excluding steroid dienone is 1. The lowest BCUT2D eigenvalue weighted by molar-refractivity contribution is -0.137. The first-order chi connectivity index (χ1) is 10.4. The van der Waals surface area contributed by atoms with Crippen molar-refractivity contribution in [2.24, 2.45) is 0 Å². The van der Waals surface area contributed by atoms with Crippen molar-refractivity contribution >= 4 is 36.4 Å². The third kappa shape index (κ3) is 6.12. The van der Waals surface area contributed by atoms with Gasteiger partial charge in [-0.15, -0.1) is 31.4 Å². The first kappa shape index (κ1) is 23.5. The van der Waals surface area contributed by atoms with E-state index in [1.165, 1.54) is 12.1 Å². The van der Waals surface area contributed by atoms with Crippen molar-refractivity contribution in [3.63, 3.8) is 0 Å². The van der Waals surface area contributed by atoms with Crippen molar-refractivity contribution in [2.75, 3.05) is 26.2 Å². The number of halogens is 6. The molecular formula is C16H22Cl3F3N2. The third-order valence-corrected chi connectivity index (χ3v) is 4.26. The van der Waals surface area contributed by atoms with E-state index in [1.807, 2.05) is 0 Å². The third-order valence-electron chi connectivity index (χ3n) is 3.92. The van der Waals surface area contributed by atoms with Gasteiger partial charge in [-0.05, 0) is 36.6 Å². The van der Waals surface area contributed by atoms with Crippen molar-refractivity contribution in [3.05, 3.63) is 47.0 Å². The standard InChI is InChI=1S/C16H20ClF3N2.2ClH/c1-2-3-4-15(22-9-7-21-8-10-22)13-11-12(16(18,19)20)5-6-14(13)17;;/h2,5-6,11,15,21H,1,3-4,7-10H2;2*1H/t15-;;/m1../s1. The molecule has 0 amide bonds. The molecule has 8 heteroatoms. The molecule has 1 fully saturated rings. The molecule has 0 saturated carbocycles. The maximum absolute atomic E-state index is 13.0. The highest BCUT2D eigenvalue weighted by atomic mass is 35.5. The molecule has 138 valence electrons. The molecule has 0 aromatic heterocycles. The molecule has 1 heterocycles. The minimum absolute atomic E-state index is 0. The van der Waals surface area contributed by atoms with Crippen LogP contribution in [0.4, 0.5) is 13.2 Å². The maximum Gasteiger partial charge on any atom is 0.416 e. The number of piperazine rings is 1. The normalized spacial score (nSPS) is 16.7. The molecule has 1 aromatic rings. The Balaban J connectivity index is 0.00000264. The van der Waals surface area contributed by atoms with Gasteiger partial charge in [-0.25, -0.2) is 0 Å². The van der Waals surface area contributed by atoms with Crippen LogP contribution >= 0.6 is 36.4 Å². The van der Waals surface area contributed by atoms with Crippen LogP contribution in [0.5, 0.6) is 0 Å². The van der Waals surface area contributed by atoms with Crippen molar-refractivity contribution in [1.29, 1.82) is 0 Å². The van der Waals surface area contributed by atoms with Crippen LogP contribution in [0.15, 0.2) is 30.9 Å². The number of rotatable bonds is 5. The minimum Gasteiger partial charge on any atom is -0.314 e. The predicted octanol–water partition coefficient (Wildman–Crippen LogP) is 5.11. The van der Waals surface area contributed by atoms with Gasteiger partial charge in [0, 0.05) is 37.2 Å². The highest BCUT2D eigenvalue weighted by molar-refractivity contribution is 6.31. The minimum atomic E-state index is -4.36. The van der Waals surface area contributed by atoms with E-state index in [1.54, 1.807) is 6.08 Å². The molecule has 1 aliphatic rings. The molecule has 1 aliphatic heterocycles. The number of hydrogen-bond acceptors (Lipinski definition) is 2. The van der Waals surface area contributed by atoms with E-state index in [0.29, 0.717) is 17.0 Å². The van der Waals surface area contributed by atoms with Crippen LogP contribution in [-0.2, 0) is 6.18 Å². The van der Waals surface area contributed by atoms with Crippen LogP contribution in [0.25, 0.3) is 0 Å². The van der Waals surface area contributed by atoms with Gasteiger partial charge in [0.25, 0.3) is 0 Å². The van der Waals surface area contributed by atoms with E-state index in [4.69, 9.17) is 11.6 Å². The summed E-state index contributed by atoms with van der Waals surface area (Å²) >= 11 is 6.20. The summed E-state index contributed by atoms with van der Waals surface area (Å²) in [6, 6.07) is 3.46. The fourth-order valence-corrected chi connectivity index (χ4v) is 3.02. The van der Waals surface area contributed by atoms with Gasteiger partial charge in [0.15, 0.2) is 0 Å². The largest absolute Gasteiger partial charge is 0.416 e. The summed E-state index contributed by atoms with van der Waals surface area (Å²) in [6.45, 7) is 6.98. The second-order valence-electron chi connectivity index (χ2n) is 5.40. The van der Waals surface area contributed by atoms with E-state index in [-0.39, 0.29) is 30.9 Å². The van der Waals surface area contributed by atoms with E-state index in [2.05, 4.69) is 16.8 Å². The molecular weight excluding hydrogens is 384 g/mol. The summed E-state index contributed by atoms with van der Waals surface area (Å²) in [5.74, 6) is 0. The number of benzene rings is 1. The highest BCUT2D eigenvalue weighted by Crippen LogP contribution is 2.37. The number of nitrogens with one attached hydrogen (secondary N) is 1. The van der Waals surface area contributed by atoms with E-state index in [9.17, 15) is 13.2 Å². The van der Waals surface area contributed by atoms with Crippen molar-refractivity contribution < 1.29 is 13.2 Å². The molecule has 0 bridgehead atoms. The van der Waals surface area contributed by atoms with Crippen LogP contribution in [0.1, 0.15) is 30.0 Å². The summed E-state index contributed by atoms with van der Waals surface area (Å²) in [5, 5.41) is 3.64. The first-order valence-electron chi connectivity index (χ1n) is 7.36. The van der Waals surface area contributed by atoms with Gasteiger partial charge in [-0.1, -0.05) is 17.7 Å². The number of alkyl halides is 3. The Labute approximate surface area is 158 Å². The fourth-order valence-electron chi connectivity index (χ4n) is 2.78. The molecule has 0 aliphatic carbocycles. The Morgan fingerprint density at radius 3 is 2.42 bits per heavy atom. The Hall–Kier alpha value is -0.460. The molecule has 24 heavy (non-hydrogen) atoms. The Morgan fingerprint density at radius 2 is 1.88 bits per heavy atom. The molecule has 1 N–H and O–H groups in total. The molecule has 2 rings (SSSR count). The molecule has 1 aromatic carbocycles. The Morgan fingerprint density at radius 1 is 1.25 bits per heavy atom. The van der Waals surface area contributed by atoms with Gasteiger partial charge in [0.1, 0.15) is 0 Å². The molecule has 1 saturated heterocycles. The lowest BCUT2D eigenvalue weighted by Crippen LogP contribution is -2.45. The maximum atomic E-state index is 13.0. The molecule has 1 atom stereocenters. The van der Waals surface area contributed by atoms with Gasteiger partial charge in [0.2, 0.25) is 0 Å². The van der Waals surface area contributed by atoms with Gasteiger partial charge >= 0.3 is 6.18 Å². The zero-order valence-corrected chi connectivity index (χ0v) is 15.5. The van der Waals surface area contributed by atoms with Crippen molar-refractivity contribution in [3.8, 4) is 0 Å². The Bertz CT molecular complexity index is 518. The molecule has 0 spiro atoms. The zero-order chi connectivity index (χ0) is 16.2. The molecule has 0 unspecified atom stereocenters. The van der Waals surface area contributed by atoms with E-state index in [0.717, 1.165) is 38.7 Å². The predicted molar refractivity (Wildman–Crippen MR) is 97.6 cm³/mol. The van der Waals surface area contributed by atoms with E-state index >= 15 is 0 Å². The molecule has 0 radical (unpaired) electrons. The number of hydrogen-bond donors (Lipinski definition) is 1. The average Bonchev–Trinajstić information content (AvgIpc) is 2.49. The quantitative estimate of drug-likeness (QED) is 0.684. The zero-order valence-electron chi connectivity index (χ0n) is 13.1. The average molecular weight is 406 g/mol. The summed E-state index contributed by atoms with van der Waals surface area (Å²) < 4.78 is 38.9. The second kappa shape index (κ2) is 10.5. The SMILES string of the molecule is C=CCC[C@H](c1cc(C(F)(F)F)ccc1Cl)N1CCNCC1.Cl.Cl. The van der Waals surface area contributed by atoms with Crippen molar-refractivity contribution in [1.82, 2.24) is 10.2 Å². The monoisotopic (exact) mass is 404 g/mol. The lowest BCUT2D eigenvalue weighted by Gasteiger charge is -2.35. The van der Waals surface area contributed by atoms with Crippen molar-refractivity contribution in [2.45, 2.75) is 25.1 Å². The van der Waals surface area contributed by atoms with Crippen LogP contribution < -0.4 is 5.32 Å². The molecule has 2 nitrogen and oxygen atoms in total. The van der Waals surface area contributed by atoms with Gasteiger partial charge < -0.3 is 5.32 Å². The number of nitrogens with zero attached hydrogens (tertiary/aromatic N) is 1. The van der Waals surface area contributed by atoms with E-state index < -0.39 is 11.7 Å². The Kier molecular flexibility index (Phi) is 10.3. The summed E-state index contributed by atoms with van der Waals surface area (Å²) in [6.07, 6.45) is -1.12. The fraction of sp³-hybridized carbons (Fsp3) is 0.500. The van der Waals surface area contributed by atoms with Gasteiger partial charge in [0.05, 0.1) is 5.56 Å². The highest BCUT2D eigenvalue weighted by Gasteiger charge is 2.32. The topological polar surface area (TPSA) is 15.3 Å². The van der Waals surface area contributed by atoms with Gasteiger partial charge in [-0.2, -0.15) is 13.2 Å². The second-order valence-corrected chi connectivity index (χ2v) is 5.81. The summed E-state index contributed by atoms with van der Waals surface area (Å²) in [4.78, 5) is 2.20. The first-order valence-corrected chi connectivity index (χ1v) is 7.73. The summed E-state index contributed by atoms with van der Waals surface area (Å²) in [7, 11) is 0. The van der Waals surface area contributed by atoms with Crippen LogP contribution in [0.3, 0.4) is 0 Å². The summed E-state index contributed by atoms with van der Waals surface area (Å²) in [5.41, 5.74) is -0.0918.